The smallest absolute Gasteiger partial charge is 0.150 e. The van der Waals surface area contributed by atoms with Gasteiger partial charge >= 0.3 is 0 Å². The number of nitrogens with two attached hydrogens (primary N) is 1. The molecule has 2 rings (SSSR count). The number of hydrogen-bond donors (Lipinski definition) is 1. The summed E-state index contributed by atoms with van der Waals surface area (Å²) in [6.07, 6.45) is 0. The molecule has 3 heteroatoms. The fourth-order valence-electron chi connectivity index (χ4n) is 1.57. The maximum absolute atomic E-state index is 6.06. The zero-order chi connectivity index (χ0) is 12.4. The van der Waals surface area contributed by atoms with Gasteiger partial charge in [-0.1, -0.05) is 23.7 Å². The van der Waals surface area contributed by atoms with E-state index in [0.717, 1.165) is 11.1 Å². The second-order valence-corrected chi connectivity index (χ2v) is 4.48. The molecule has 0 aromatic heterocycles. The van der Waals surface area contributed by atoms with Crippen LogP contribution in [-0.2, 0) is 0 Å². The third-order valence-electron chi connectivity index (χ3n) is 2.47. The summed E-state index contributed by atoms with van der Waals surface area (Å²) in [4.78, 5) is 0. The molecule has 88 valence electrons. The first kappa shape index (κ1) is 11.8. The summed E-state index contributed by atoms with van der Waals surface area (Å²) < 4.78 is 5.72. The minimum atomic E-state index is 0.579. The van der Waals surface area contributed by atoms with Crippen LogP contribution in [0.4, 0.5) is 5.69 Å². The molecule has 0 bridgehead atoms. The topological polar surface area (TPSA) is 35.2 Å². The first-order valence-corrected chi connectivity index (χ1v) is 5.74. The Morgan fingerprint density at radius 3 is 2.29 bits per heavy atom. The van der Waals surface area contributed by atoms with E-state index in [4.69, 9.17) is 22.1 Å². The van der Waals surface area contributed by atoms with Crippen molar-refractivity contribution in [1.29, 1.82) is 0 Å². The van der Waals surface area contributed by atoms with Gasteiger partial charge in [-0.2, -0.15) is 0 Å². The Balaban J connectivity index is 2.34. The molecule has 0 aliphatic rings. The van der Waals surface area contributed by atoms with Gasteiger partial charge in [0.05, 0.1) is 10.7 Å². The molecule has 0 spiro atoms. The number of rotatable bonds is 2. The number of nitrogen functional groups attached to an aromatic ring is 1. The number of hydrogen-bond acceptors (Lipinski definition) is 2. The molecule has 0 radical (unpaired) electrons. The Labute approximate surface area is 106 Å². The monoisotopic (exact) mass is 247 g/mol. The normalized spacial score (nSPS) is 10.3. The predicted octanol–water partition coefficient (Wildman–Crippen LogP) is 4.33. The Kier molecular flexibility index (Phi) is 3.25. The lowest BCUT2D eigenvalue weighted by Gasteiger charge is -2.11. The maximum Gasteiger partial charge on any atom is 0.150 e. The third kappa shape index (κ3) is 2.71. The molecule has 0 atom stereocenters. The molecule has 0 unspecified atom stereocenters. The summed E-state index contributed by atoms with van der Waals surface area (Å²) in [6, 6.07) is 11.3. The van der Waals surface area contributed by atoms with Crippen LogP contribution in [0, 0.1) is 13.8 Å². The second kappa shape index (κ2) is 4.68. The van der Waals surface area contributed by atoms with Gasteiger partial charge in [-0.15, -0.1) is 0 Å². The zero-order valence-electron chi connectivity index (χ0n) is 9.83. The van der Waals surface area contributed by atoms with Crippen molar-refractivity contribution in [3.63, 3.8) is 0 Å². The highest BCUT2D eigenvalue weighted by Crippen LogP contribution is 2.33. The minimum Gasteiger partial charge on any atom is -0.454 e. The summed E-state index contributed by atoms with van der Waals surface area (Å²) in [5, 5.41) is 0.579. The largest absolute Gasteiger partial charge is 0.454 e. The van der Waals surface area contributed by atoms with Crippen molar-refractivity contribution in [3.05, 3.63) is 52.5 Å². The summed E-state index contributed by atoms with van der Waals surface area (Å²) in [5.41, 5.74) is 8.70. The molecular weight excluding hydrogens is 234 g/mol. The van der Waals surface area contributed by atoms with Crippen molar-refractivity contribution in [2.45, 2.75) is 13.8 Å². The van der Waals surface area contributed by atoms with Gasteiger partial charge in [-0.05, 0) is 49.2 Å². The fraction of sp³-hybridized carbons (Fsp3) is 0.143. The van der Waals surface area contributed by atoms with Crippen LogP contribution in [0.1, 0.15) is 11.1 Å². The molecule has 0 amide bonds. The van der Waals surface area contributed by atoms with Crippen molar-refractivity contribution in [3.8, 4) is 11.5 Å². The molecule has 17 heavy (non-hydrogen) atoms. The van der Waals surface area contributed by atoms with E-state index in [0.29, 0.717) is 22.2 Å². The quantitative estimate of drug-likeness (QED) is 0.802. The van der Waals surface area contributed by atoms with Gasteiger partial charge in [0.15, 0.2) is 0 Å². The number of halogens is 1. The van der Waals surface area contributed by atoms with Crippen LogP contribution >= 0.6 is 11.6 Å². The first-order chi connectivity index (χ1) is 8.06. The lowest BCUT2D eigenvalue weighted by Crippen LogP contribution is -1.93. The van der Waals surface area contributed by atoms with Gasteiger partial charge in [-0.25, -0.2) is 0 Å². The van der Waals surface area contributed by atoms with E-state index in [-0.39, 0.29) is 0 Å². The third-order valence-corrected chi connectivity index (χ3v) is 2.78. The predicted molar refractivity (Wildman–Crippen MR) is 71.9 cm³/mol. The number of ether oxygens (including phenoxy) is 1. The van der Waals surface area contributed by atoms with E-state index >= 15 is 0 Å². The highest BCUT2D eigenvalue weighted by Gasteiger charge is 2.06. The van der Waals surface area contributed by atoms with Gasteiger partial charge in [0.25, 0.3) is 0 Å². The van der Waals surface area contributed by atoms with Crippen LogP contribution in [-0.4, -0.2) is 0 Å². The van der Waals surface area contributed by atoms with Gasteiger partial charge in [0.1, 0.15) is 11.5 Å². The Morgan fingerprint density at radius 2 is 1.59 bits per heavy atom. The molecule has 2 aromatic carbocycles. The Hall–Kier alpha value is -1.67. The zero-order valence-corrected chi connectivity index (χ0v) is 10.6. The molecule has 0 saturated carbocycles. The van der Waals surface area contributed by atoms with E-state index in [1.165, 1.54) is 0 Å². The molecular formula is C14H14ClNO. The van der Waals surface area contributed by atoms with Crippen molar-refractivity contribution in [1.82, 2.24) is 0 Å². The highest BCUT2D eigenvalue weighted by atomic mass is 35.5. The van der Waals surface area contributed by atoms with Gasteiger partial charge in [0, 0.05) is 0 Å². The van der Waals surface area contributed by atoms with Crippen LogP contribution in [0.2, 0.25) is 5.02 Å². The fourth-order valence-corrected chi connectivity index (χ4v) is 1.72. The van der Waals surface area contributed by atoms with Crippen molar-refractivity contribution in [2.75, 3.05) is 5.73 Å². The van der Waals surface area contributed by atoms with E-state index < -0.39 is 0 Å². The molecule has 0 heterocycles. The number of benzene rings is 2. The Morgan fingerprint density at radius 1 is 0.941 bits per heavy atom. The SMILES string of the molecule is Cc1ccc(Oc2cc(C)ccc2Cl)c(N)c1. The van der Waals surface area contributed by atoms with Crippen molar-refractivity contribution >= 4 is 17.3 Å². The number of aryl methyl sites for hydroxylation is 2. The van der Waals surface area contributed by atoms with Crippen LogP contribution in [0.25, 0.3) is 0 Å². The van der Waals surface area contributed by atoms with E-state index in [1.807, 2.05) is 50.2 Å². The minimum absolute atomic E-state index is 0.579. The van der Waals surface area contributed by atoms with Crippen LogP contribution in [0.3, 0.4) is 0 Å². The lowest BCUT2D eigenvalue weighted by atomic mass is 10.2. The van der Waals surface area contributed by atoms with Crippen molar-refractivity contribution in [2.24, 2.45) is 0 Å². The first-order valence-electron chi connectivity index (χ1n) is 5.36. The Bertz CT molecular complexity index is 552. The number of anilines is 1. The lowest BCUT2D eigenvalue weighted by molar-refractivity contribution is 0.485. The average Bonchev–Trinajstić information content (AvgIpc) is 2.27. The van der Waals surface area contributed by atoms with Gasteiger partial charge < -0.3 is 10.5 Å². The highest BCUT2D eigenvalue weighted by molar-refractivity contribution is 6.32. The van der Waals surface area contributed by atoms with Gasteiger partial charge in [0.2, 0.25) is 0 Å². The standard InChI is InChI=1S/C14H14ClNO/c1-9-4-6-13(12(16)7-9)17-14-8-10(2)3-5-11(14)15/h3-8H,16H2,1-2H3. The second-order valence-electron chi connectivity index (χ2n) is 4.08. The van der Waals surface area contributed by atoms with Gasteiger partial charge in [-0.3, -0.25) is 0 Å². The molecule has 0 aliphatic heterocycles. The summed E-state index contributed by atoms with van der Waals surface area (Å²) in [6.45, 7) is 3.97. The van der Waals surface area contributed by atoms with Crippen LogP contribution < -0.4 is 10.5 Å². The summed E-state index contributed by atoms with van der Waals surface area (Å²) in [7, 11) is 0. The molecule has 0 saturated heterocycles. The summed E-state index contributed by atoms with van der Waals surface area (Å²) in [5.74, 6) is 1.25. The molecule has 2 nitrogen and oxygen atoms in total. The van der Waals surface area contributed by atoms with Crippen LogP contribution in [0.15, 0.2) is 36.4 Å². The van der Waals surface area contributed by atoms with E-state index in [9.17, 15) is 0 Å². The average molecular weight is 248 g/mol. The molecule has 0 fully saturated rings. The van der Waals surface area contributed by atoms with E-state index in [1.54, 1.807) is 0 Å². The molecule has 2 N–H and O–H groups in total. The summed E-state index contributed by atoms with van der Waals surface area (Å²) >= 11 is 6.06. The van der Waals surface area contributed by atoms with E-state index in [2.05, 4.69) is 0 Å². The maximum atomic E-state index is 6.06. The molecule has 0 aliphatic carbocycles. The van der Waals surface area contributed by atoms with Crippen LogP contribution in [0.5, 0.6) is 11.5 Å². The molecule has 2 aromatic rings. The van der Waals surface area contributed by atoms with Crippen molar-refractivity contribution < 1.29 is 4.74 Å².